The Morgan fingerprint density at radius 3 is 2.44 bits per heavy atom. The predicted octanol–water partition coefficient (Wildman–Crippen LogP) is 2.48. The van der Waals surface area contributed by atoms with Gasteiger partial charge in [0, 0.05) is 43.4 Å². The summed E-state index contributed by atoms with van der Waals surface area (Å²) in [7, 11) is -3.55. The lowest BCUT2D eigenvalue weighted by Gasteiger charge is -2.29. The first kappa shape index (κ1) is 16.1. The second-order valence-electron chi connectivity index (χ2n) is 6.10. The minimum absolute atomic E-state index is 0.226. The number of rotatable bonds is 3. The van der Waals surface area contributed by atoms with E-state index in [0.717, 1.165) is 42.8 Å². The summed E-state index contributed by atoms with van der Waals surface area (Å²) in [4.78, 5) is 7.16. The maximum atomic E-state index is 12.8. The van der Waals surface area contributed by atoms with Crippen LogP contribution < -0.4 is 10.2 Å². The van der Waals surface area contributed by atoms with Crippen LogP contribution in [0.3, 0.4) is 0 Å². The molecule has 0 radical (unpaired) electrons. The first-order valence-electron chi connectivity index (χ1n) is 8.30. The predicted molar refractivity (Wildman–Crippen MR) is 98.7 cm³/mol. The lowest BCUT2D eigenvalue weighted by atomic mass is 10.1. The van der Waals surface area contributed by atoms with Crippen molar-refractivity contribution in [2.75, 3.05) is 31.1 Å². The summed E-state index contributed by atoms with van der Waals surface area (Å²) < 4.78 is 25.6. The molecular formula is C19H19N3O2S. The molecule has 0 aliphatic carbocycles. The zero-order chi connectivity index (χ0) is 17.3. The van der Waals surface area contributed by atoms with Gasteiger partial charge in [0.05, 0.1) is 15.3 Å². The Bertz CT molecular complexity index is 998. The number of sulfone groups is 1. The topological polar surface area (TPSA) is 62.3 Å². The van der Waals surface area contributed by atoms with E-state index < -0.39 is 9.84 Å². The summed E-state index contributed by atoms with van der Waals surface area (Å²) in [6, 6.07) is 16.2. The fourth-order valence-corrected chi connectivity index (χ4v) is 4.36. The Morgan fingerprint density at radius 1 is 0.920 bits per heavy atom. The van der Waals surface area contributed by atoms with Gasteiger partial charge in [-0.2, -0.15) is 0 Å². The smallest absolute Gasteiger partial charge is 0.208 e. The molecular weight excluding hydrogens is 334 g/mol. The van der Waals surface area contributed by atoms with Crippen LogP contribution in [-0.4, -0.2) is 39.6 Å². The van der Waals surface area contributed by atoms with Crippen molar-refractivity contribution < 1.29 is 8.42 Å². The molecule has 0 unspecified atom stereocenters. The number of benzene rings is 2. The van der Waals surface area contributed by atoms with Crippen molar-refractivity contribution in [1.29, 1.82) is 0 Å². The Balaban J connectivity index is 1.76. The Hall–Kier alpha value is -2.44. The second-order valence-corrected chi connectivity index (χ2v) is 8.05. The standard InChI is InChI=1S/C19H19N3O2S/c23-25(24,17-4-2-1-3-5-17)18-13-15-12-16(6-7-19(15)21-14-18)22-10-8-20-9-11-22/h1-7,12-14,20H,8-11H2. The molecule has 1 fully saturated rings. The first-order chi connectivity index (χ1) is 12.1. The Kier molecular flexibility index (Phi) is 4.15. The van der Waals surface area contributed by atoms with Crippen LogP contribution >= 0.6 is 0 Å². The molecule has 2 heterocycles. The number of nitrogens with zero attached hydrogens (tertiary/aromatic N) is 2. The van der Waals surface area contributed by atoms with Crippen LogP contribution in [0.15, 0.2) is 70.6 Å². The van der Waals surface area contributed by atoms with Gasteiger partial charge in [-0.05, 0) is 36.4 Å². The van der Waals surface area contributed by atoms with E-state index in [1.807, 2.05) is 18.2 Å². The minimum atomic E-state index is -3.55. The molecule has 5 nitrogen and oxygen atoms in total. The van der Waals surface area contributed by atoms with E-state index in [2.05, 4.69) is 15.2 Å². The van der Waals surface area contributed by atoms with Crippen molar-refractivity contribution in [2.45, 2.75) is 9.79 Å². The van der Waals surface area contributed by atoms with Crippen molar-refractivity contribution >= 4 is 26.4 Å². The van der Waals surface area contributed by atoms with Crippen LogP contribution in [0, 0.1) is 0 Å². The van der Waals surface area contributed by atoms with Gasteiger partial charge in [0.25, 0.3) is 0 Å². The molecule has 1 aliphatic heterocycles. The molecule has 3 aromatic rings. The van der Waals surface area contributed by atoms with Crippen molar-refractivity contribution in [2.24, 2.45) is 0 Å². The zero-order valence-electron chi connectivity index (χ0n) is 13.7. The van der Waals surface area contributed by atoms with Crippen LogP contribution in [0.5, 0.6) is 0 Å². The van der Waals surface area contributed by atoms with E-state index in [1.165, 1.54) is 6.20 Å². The SMILES string of the molecule is O=S(=O)(c1ccccc1)c1cnc2ccc(N3CCNCC3)cc2c1. The summed E-state index contributed by atoms with van der Waals surface area (Å²) in [5.41, 5.74) is 1.90. The fraction of sp³-hybridized carbons (Fsp3) is 0.211. The van der Waals surface area contributed by atoms with Gasteiger partial charge in [-0.1, -0.05) is 18.2 Å². The van der Waals surface area contributed by atoms with Gasteiger partial charge in [0.2, 0.25) is 9.84 Å². The quantitative estimate of drug-likeness (QED) is 0.784. The van der Waals surface area contributed by atoms with Gasteiger partial charge >= 0.3 is 0 Å². The van der Waals surface area contributed by atoms with Crippen molar-refractivity contribution in [1.82, 2.24) is 10.3 Å². The monoisotopic (exact) mass is 353 g/mol. The molecule has 2 aromatic carbocycles. The summed E-state index contributed by atoms with van der Waals surface area (Å²) in [6.07, 6.45) is 1.44. The number of hydrogen-bond acceptors (Lipinski definition) is 5. The van der Waals surface area contributed by atoms with E-state index in [0.29, 0.717) is 0 Å². The van der Waals surface area contributed by atoms with Gasteiger partial charge in [-0.3, -0.25) is 4.98 Å². The highest BCUT2D eigenvalue weighted by atomic mass is 32.2. The number of fused-ring (bicyclic) bond motifs is 1. The van der Waals surface area contributed by atoms with E-state index in [1.54, 1.807) is 36.4 Å². The number of anilines is 1. The van der Waals surface area contributed by atoms with Crippen LogP contribution in [0.2, 0.25) is 0 Å². The van der Waals surface area contributed by atoms with Crippen LogP contribution in [0.25, 0.3) is 10.9 Å². The van der Waals surface area contributed by atoms with Crippen molar-refractivity contribution in [3.8, 4) is 0 Å². The zero-order valence-corrected chi connectivity index (χ0v) is 14.5. The maximum Gasteiger partial charge on any atom is 0.208 e. The third-order valence-corrected chi connectivity index (χ3v) is 6.22. The molecule has 1 aromatic heterocycles. The van der Waals surface area contributed by atoms with E-state index in [4.69, 9.17) is 0 Å². The average molecular weight is 353 g/mol. The molecule has 0 amide bonds. The van der Waals surface area contributed by atoms with E-state index in [-0.39, 0.29) is 9.79 Å². The van der Waals surface area contributed by atoms with E-state index in [9.17, 15) is 8.42 Å². The largest absolute Gasteiger partial charge is 0.369 e. The minimum Gasteiger partial charge on any atom is -0.369 e. The summed E-state index contributed by atoms with van der Waals surface area (Å²) in [6.45, 7) is 3.80. The molecule has 0 bridgehead atoms. The van der Waals surface area contributed by atoms with Crippen molar-refractivity contribution in [3.05, 3.63) is 60.8 Å². The third-order valence-electron chi connectivity index (χ3n) is 4.49. The molecule has 4 rings (SSSR count). The maximum absolute atomic E-state index is 12.8. The molecule has 0 spiro atoms. The summed E-state index contributed by atoms with van der Waals surface area (Å²) in [5, 5.41) is 4.18. The second kappa shape index (κ2) is 6.46. The van der Waals surface area contributed by atoms with Gasteiger partial charge in [0.1, 0.15) is 0 Å². The lowest BCUT2D eigenvalue weighted by Crippen LogP contribution is -2.43. The van der Waals surface area contributed by atoms with Gasteiger partial charge in [0.15, 0.2) is 0 Å². The highest BCUT2D eigenvalue weighted by molar-refractivity contribution is 7.91. The first-order valence-corrected chi connectivity index (χ1v) is 9.78. The normalized spacial score (nSPS) is 15.4. The molecule has 6 heteroatoms. The molecule has 25 heavy (non-hydrogen) atoms. The summed E-state index contributed by atoms with van der Waals surface area (Å²) >= 11 is 0. The number of nitrogens with one attached hydrogen (secondary N) is 1. The van der Waals surface area contributed by atoms with Crippen molar-refractivity contribution in [3.63, 3.8) is 0 Å². The van der Waals surface area contributed by atoms with Crippen LogP contribution in [0.1, 0.15) is 0 Å². The molecule has 1 aliphatic rings. The number of pyridine rings is 1. The Morgan fingerprint density at radius 2 is 1.68 bits per heavy atom. The number of piperazine rings is 1. The van der Waals surface area contributed by atoms with E-state index >= 15 is 0 Å². The van der Waals surface area contributed by atoms with Gasteiger partial charge < -0.3 is 10.2 Å². The molecule has 128 valence electrons. The third kappa shape index (κ3) is 3.10. The van der Waals surface area contributed by atoms with Crippen LogP contribution in [-0.2, 0) is 9.84 Å². The number of hydrogen-bond donors (Lipinski definition) is 1. The highest BCUT2D eigenvalue weighted by Crippen LogP contribution is 2.26. The Labute approximate surface area is 147 Å². The lowest BCUT2D eigenvalue weighted by molar-refractivity contribution is 0.589. The average Bonchev–Trinajstić information content (AvgIpc) is 2.68. The molecule has 0 saturated carbocycles. The van der Waals surface area contributed by atoms with Gasteiger partial charge in [-0.15, -0.1) is 0 Å². The van der Waals surface area contributed by atoms with Crippen LogP contribution in [0.4, 0.5) is 5.69 Å². The summed E-state index contributed by atoms with van der Waals surface area (Å²) in [5.74, 6) is 0. The van der Waals surface area contributed by atoms with Gasteiger partial charge in [-0.25, -0.2) is 8.42 Å². The molecule has 1 saturated heterocycles. The highest BCUT2D eigenvalue weighted by Gasteiger charge is 2.18. The molecule has 1 N–H and O–H groups in total. The fourth-order valence-electron chi connectivity index (χ4n) is 3.10. The number of aromatic nitrogens is 1. The molecule has 0 atom stereocenters.